The minimum atomic E-state index is -4.28. The molecular formula is C23H26ClN3O5S. The molecule has 8 nitrogen and oxygen atoms in total. The summed E-state index contributed by atoms with van der Waals surface area (Å²) in [6.45, 7) is 4.53. The van der Waals surface area contributed by atoms with Gasteiger partial charge in [-0.15, -0.1) is 0 Å². The molecule has 1 aliphatic rings. The number of sulfone groups is 1. The molecule has 2 aromatic rings. The fourth-order valence-electron chi connectivity index (χ4n) is 3.59. The quantitative estimate of drug-likeness (QED) is 0.667. The Morgan fingerprint density at radius 3 is 2.18 bits per heavy atom. The van der Waals surface area contributed by atoms with Gasteiger partial charge >= 0.3 is 0 Å². The monoisotopic (exact) mass is 491 g/mol. The van der Waals surface area contributed by atoms with Crippen molar-refractivity contribution in [3.63, 3.8) is 0 Å². The summed E-state index contributed by atoms with van der Waals surface area (Å²) in [6.07, 6.45) is 0.355. The van der Waals surface area contributed by atoms with Crippen molar-refractivity contribution < 1.29 is 22.8 Å². The summed E-state index contributed by atoms with van der Waals surface area (Å²) in [7, 11) is -4.28. The summed E-state index contributed by atoms with van der Waals surface area (Å²) < 4.78 is 26.8. The van der Waals surface area contributed by atoms with Gasteiger partial charge in [-0.1, -0.05) is 36.2 Å². The second-order valence-corrected chi connectivity index (χ2v) is 10.3. The van der Waals surface area contributed by atoms with E-state index in [4.69, 9.17) is 11.6 Å². The zero-order valence-corrected chi connectivity index (χ0v) is 20.0. The lowest BCUT2D eigenvalue weighted by atomic mass is 10.1. The molecule has 0 spiro atoms. The Balaban J connectivity index is 1.89. The molecule has 1 aliphatic heterocycles. The minimum absolute atomic E-state index is 0.0276. The Labute approximate surface area is 198 Å². The number of halogens is 1. The first-order valence-electron chi connectivity index (χ1n) is 10.6. The Hall–Kier alpha value is -2.91. The molecule has 1 saturated heterocycles. The molecule has 3 rings (SSSR count). The molecule has 10 heteroatoms. The molecule has 1 heterocycles. The highest BCUT2D eigenvalue weighted by molar-refractivity contribution is 7.92. The van der Waals surface area contributed by atoms with Crippen LogP contribution in [-0.2, 0) is 19.4 Å². The van der Waals surface area contributed by atoms with Crippen LogP contribution in [0.4, 0.5) is 0 Å². The number of hydrogen-bond donors (Lipinski definition) is 1. The van der Waals surface area contributed by atoms with Crippen LogP contribution < -0.4 is 5.32 Å². The number of nitrogens with zero attached hydrogens (tertiary/aromatic N) is 2. The Bertz CT molecular complexity index is 1140. The van der Waals surface area contributed by atoms with Gasteiger partial charge in [-0.25, -0.2) is 8.42 Å². The van der Waals surface area contributed by atoms with E-state index in [9.17, 15) is 22.8 Å². The average molecular weight is 492 g/mol. The number of hydrogen-bond acceptors (Lipinski definition) is 5. The lowest BCUT2D eigenvalue weighted by molar-refractivity contribution is -0.139. The van der Waals surface area contributed by atoms with Gasteiger partial charge in [0.2, 0.25) is 21.1 Å². The highest BCUT2D eigenvalue weighted by Crippen LogP contribution is 2.20. The number of carbonyl (C=O) groups excluding carboxylic acids is 3. The van der Waals surface area contributed by atoms with Gasteiger partial charge < -0.3 is 15.1 Å². The summed E-state index contributed by atoms with van der Waals surface area (Å²) in [5, 5.41) is 0.950. The Morgan fingerprint density at radius 1 is 1.00 bits per heavy atom. The standard InChI is InChI=1S/C23H26ClN3O5S/c1-3-20(28)26-11-13-27(14-12-26)23(30)22(25-21(29)17-6-4-5-16(2)15-17)33(31,32)19-9-7-18(24)8-10-19/h4-10,15,22H,3,11-14H2,1-2H3,(H,25,29)/t22-/m1/s1. The van der Waals surface area contributed by atoms with Crippen LogP contribution in [0.1, 0.15) is 29.3 Å². The molecule has 176 valence electrons. The van der Waals surface area contributed by atoms with Crippen LogP contribution >= 0.6 is 11.6 Å². The van der Waals surface area contributed by atoms with Crippen molar-refractivity contribution in [2.24, 2.45) is 0 Å². The predicted octanol–water partition coefficient (Wildman–Crippen LogP) is 2.26. The largest absolute Gasteiger partial charge is 0.339 e. The molecule has 0 bridgehead atoms. The SMILES string of the molecule is CCC(=O)N1CCN(C(=O)[C@H](NC(=O)c2cccc(C)c2)S(=O)(=O)c2ccc(Cl)cc2)CC1. The number of nitrogens with one attached hydrogen (secondary N) is 1. The zero-order valence-electron chi connectivity index (χ0n) is 18.5. The maximum atomic E-state index is 13.4. The number of rotatable bonds is 6. The van der Waals surface area contributed by atoms with Gasteiger partial charge in [-0.3, -0.25) is 14.4 Å². The maximum Gasteiger partial charge on any atom is 0.261 e. The molecule has 2 aromatic carbocycles. The van der Waals surface area contributed by atoms with E-state index in [0.717, 1.165) is 5.56 Å². The van der Waals surface area contributed by atoms with Crippen LogP contribution in [0.2, 0.25) is 5.02 Å². The van der Waals surface area contributed by atoms with Gasteiger partial charge in [0.25, 0.3) is 11.8 Å². The molecular weight excluding hydrogens is 466 g/mol. The first-order chi connectivity index (χ1) is 15.6. The number of aryl methyl sites for hydroxylation is 1. The van der Waals surface area contributed by atoms with Crippen LogP contribution in [0, 0.1) is 6.92 Å². The summed E-state index contributed by atoms with van der Waals surface area (Å²) in [6, 6.07) is 12.1. The van der Waals surface area contributed by atoms with Crippen molar-refractivity contribution in [3.05, 3.63) is 64.7 Å². The first-order valence-corrected chi connectivity index (χ1v) is 12.5. The van der Waals surface area contributed by atoms with E-state index in [0.29, 0.717) is 24.5 Å². The van der Waals surface area contributed by atoms with Crippen molar-refractivity contribution in [1.82, 2.24) is 15.1 Å². The molecule has 3 amide bonds. The molecule has 1 fully saturated rings. The second kappa shape index (κ2) is 10.4. The van der Waals surface area contributed by atoms with Gasteiger partial charge in [0.15, 0.2) is 0 Å². The van der Waals surface area contributed by atoms with Crippen LogP contribution in [0.25, 0.3) is 0 Å². The lowest BCUT2D eigenvalue weighted by Gasteiger charge is -2.36. The number of benzene rings is 2. The molecule has 1 N–H and O–H groups in total. The predicted molar refractivity (Wildman–Crippen MR) is 125 cm³/mol. The van der Waals surface area contributed by atoms with Crippen LogP contribution in [0.5, 0.6) is 0 Å². The molecule has 33 heavy (non-hydrogen) atoms. The summed E-state index contributed by atoms with van der Waals surface area (Å²) in [4.78, 5) is 41.1. The average Bonchev–Trinajstić information content (AvgIpc) is 2.81. The Morgan fingerprint density at radius 2 is 1.61 bits per heavy atom. The topological polar surface area (TPSA) is 104 Å². The van der Waals surface area contributed by atoms with Crippen molar-refractivity contribution >= 4 is 39.2 Å². The van der Waals surface area contributed by atoms with Gasteiger partial charge in [0, 0.05) is 43.2 Å². The fraction of sp³-hybridized carbons (Fsp3) is 0.348. The zero-order chi connectivity index (χ0) is 24.2. The number of carbonyl (C=O) groups is 3. The van der Waals surface area contributed by atoms with Crippen molar-refractivity contribution in [2.45, 2.75) is 30.5 Å². The van der Waals surface area contributed by atoms with Crippen LogP contribution in [0.15, 0.2) is 53.4 Å². The van der Waals surface area contributed by atoms with Crippen LogP contribution in [-0.4, -0.2) is 67.5 Å². The summed E-state index contributed by atoms with van der Waals surface area (Å²) >= 11 is 5.88. The van der Waals surface area contributed by atoms with E-state index < -0.39 is 27.0 Å². The van der Waals surface area contributed by atoms with Crippen LogP contribution in [0.3, 0.4) is 0 Å². The number of amides is 3. The molecule has 0 aromatic heterocycles. The second-order valence-electron chi connectivity index (χ2n) is 7.78. The van der Waals surface area contributed by atoms with Crippen molar-refractivity contribution in [3.8, 4) is 0 Å². The van der Waals surface area contributed by atoms with E-state index in [1.165, 1.54) is 29.2 Å². The van der Waals surface area contributed by atoms with Gasteiger partial charge in [0.1, 0.15) is 0 Å². The highest BCUT2D eigenvalue weighted by atomic mass is 35.5. The third-order valence-electron chi connectivity index (χ3n) is 5.47. The van der Waals surface area contributed by atoms with E-state index >= 15 is 0 Å². The maximum absolute atomic E-state index is 13.4. The van der Waals surface area contributed by atoms with Crippen molar-refractivity contribution in [1.29, 1.82) is 0 Å². The van der Waals surface area contributed by atoms with Gasteiger partial charge in [-0.05, 0) is 43.3 Å². The fourth-order valence-corrected chi connectivity index (χ4v) is 5.18. The van der Waals surface area contributed by atoms with E-state index in [1.54, 1.807) is 43.0 Å². The molecule has 0 unspecified atom stereocenters. The summed E-state index contributed by atoms with van der Waals surface area (Å²) in [5.41, 5.74) is 1.07. The molecule has 1 atom stereocenters. The van der Waals surface area contributed by atoms with Gasteiger partial charge in [0.05, 0.1) is 4.90 Å². The van der Waals surface area contributed by atoms with E-state index in [1.807, 2.05) is 0 Å². The Kier molecular flexibility index (Phi) is 7.76. The molecule has 0 radical (unpaired) electrons. The minimum Gasteiger partial charge on any atom is -0.339 e. The third-order valence-corrected chi connectivity index (χ3v) is 7.59. The van der Waals surface area contributed by atoms with Gasteiger partial charge in [-0.2, -0.15) is 0 Å². The van der Waals surface area contributed by atoms with E-state index in [-0.39, 0.29) is 29.5 Å². The molecule has 0 saturated carbocycles. The highest BCUT2D eigenvalue weighted by Gasteiger charge is 2.39. The molecule has 0 aliphatic carbocycles. The number of piperazine rings is 1. The first kappa shape index (κ1) is 24.7. The van der Waals surface area contributed by atoms with Crippen molar-refractivity contribution in [2.75, 3.05) is 26.2 Å². The third kappa shape index (κ3) is 5.72. The normalized spacial score (nSPS) is 15.1. The smallest absolute Gasteiger partial charge is 0.261 e. The lowest BCUT2D eigenvalue weighted by Crippen LogP contribution is -2.57. The summed E-state index contributed by atoms with van der Waals surface area (Å²) in [5.74, 6) is -1.44. The van der Waals surface area contributed by atoms with E-state index in [2.05, 4.69) is 5.32 Å².